The van der Waals surface area contributed by atoms with E-state index < -0.39 is 5.97 Å². The van der Waals surface area contributed by atoms with Crippen LogP contribution in [0.5, 0.6) is 5.75 Å². The van der Waals surface area contributed by atoms with Crippen molar-refractivity contribution in [3.63, 3.8) is 0 Å². The molecule has 6 heteroatoms. The number of hydrogen-bond donors (Lipinski definition) is 2. The molecular formula is C27H24ClNO4. The fourth-order valence-electron chi connectivity index (χ4n) is 4.91. The summed E-state index contributed by atoms with van der Waals surface area (Å²) in [5, 5.41) is 12.6. The predicted octanol–water partition coefficient (Wildman–Crippen LogP) is 5.53. The van der Waals surface area contributed by atoms with Crippen molar-refractivity contribution in [2.45, 2.75) is 43.2 Å². The lowest BCUT2D eigenvalue weighted by molar-refractivity contribution is -0.123. The first-order valence-electron chi connectivity index (χ1n) is 11.1. The number of carbonyl (C=O) groups is 2. The van der Waals surface area contributed by atoms with Gasteiger partial charge in [0.05, 0.1) is 17.5 Å². The maximum Gasteiger partial charge on any atom is 0.335 e. The maximum absolute atomic E-state index is 13.4. The van der Waals surface area contributed by atoms with E-state index in [1.54, 1.807) is 18.2 Å². The van der Waals surface area contributed by atoms with Crippen molar-refractivity contribution < 1.29 is 19.4 Å². The summed E-state index contributed by atoms with van der Waals surface area (Å²) < 4.78 is 6.22. The Hall–Kier alpha value is -3.31. The van der Waals surface area contributed by atoms with E-state index in [-0.39, 0.29) is 29.5 Å². The number of benzene rings is 3. The second-order valence-electron chi connectivity index (χ2n) is 8.63. The molecule has 0 saturated heterocycles. The zero-order valence-electron chi connectivity index (χ0n) is 18.0. The van der Waals surface area contributed by atoms with Gasteiger partial charge in [0.2, 0.25) is 5.91 Å². The third-order valence-electron chi connectivity index (χ3n) is 6.59. The molecule has 2 aliphatic rings. The van der Waals surface area contributed by atoms with Crippen molar-refractivity contribution in [2.75, 3.05) is 0 Å². The lowest BCUT2D eigenvalue weighted by atomic mass is 9.91. The van der Waals surface area contributed by atoms with Gasteiger partial charge in [0.25, 0.3) is 0 Å². The van der Waals surface area contributed by atoms with E-state index in [9.17, 15) is 14.7 Å². The molecule has 3 atom stereocenters. The average molecular weight is 462 g/mol. The smallest absolute Gasteiger partial charge is 0.335 e. The highest BCUT2D eigenvalue weighted by Gasteiger charge is 2.34. The third-order valence-corrected chi connectivity index (χ3v) is 6.90. The summed E-state index contributed by atoms with van der Waals surface area (Å²) >= 11 is 6.02. The van der Waals surface area contributed by atoms with Crippen LogP contribution in [0.25, 0.3) is 0 Å². The largest absolute Gasteiger partial charge is 0.485 e. The minimum absolute atomic E-state index is 0.000196. The van der Waals surface area contributed by atoms with E-state index in [2.05, 4.69) is 17.4 Å². The summed E-state index contributed by atoms with van der Waals surface area (Å²) in [6, 6.07) is 20.4. The van der Waals surface area contributed by atoms with Gasteiger partial charge >= 0.3 is 5.97 Å². The zero-order chi connectivity index (χ0) is 22.9. The molecule has 0 unspecified atom stereocenters. The molecule has 0 saturated carbocycles. The lowest BCUT2D eigenvalue weighted by Gasteiger charge is -2.33. The number of hydrogen-bond acceptors (Lipinski definition) is 3. The van der Waals surface area contributed by atoms with Gasteiger partial charge in [0.15, 0.2) is 0 Å². The van der Waals surface area contributed by atoms with Crippen LogP contribution in [0.1, 0.15) is 69.1 Å². The monoisotopic (exact) mass is 461 g/mol. The number of nitrogens with one attached hydrogen (secondary N) is 1. The zero-order valence-corrected chi connectivity index (χ0v) is 18.7. The molecule has 2 N–H and O–H groups in total. The number of para-hydroxylation sites is 1. The van der Waals surface area contributed by atoms with Gasteiger partial charge in [-0.1, -0.05) is 48.5 Å². The second-order valence-corrected chi connectivity index (χ2v) is 8.90. The van der Waals surface area contributed by atoms with Crippen LogP contribution in [0.4, 0.5) is 0 Å². The Bertz CT molecular complexity index is 1220. The first-order chi connectivity index (χ1) is 16.0. The molecule has 3 aromatic carbocycles. The molecule has 1 aliphatic heterocycles. The Labute approximate surface area is 197 Å². The highest BCUT2D eigenvalue weighted by Crippen LogP contribution is 2.42. The number of carboxylic acids is 1. The number of halogens is 1. The SMILES string of the molecule is O=C(O)c1cccc([C@H]2C[C@@H](NC(=O)[C@H]3CCc4ccc(CCl)cc43)c3ccccc3O2)c1. The first-order valence-corrected chi connectivity index (χ1v) is 11.6. The van der Waals surface area contributed by atoms with Gasteiger partial charge in [-0.2, -0.15) is 0 Å². The number of amides is 1. The fraction of sp³-hybridized carbons (Fsp3) is 0.259. The molecule has 1 amide bonds. The number of carboxylic acid groups (broad SMARTS) is 1. The van der Waals surface area contributed by atoms with Crippen molar-refractivity contribution in [1.29, 1.82) is 0 Å². The van der Waals surface area contributed by atoms with Gasteiger partial charge < -0.3 is 15.2 Å². The van der Waals surface area contributed by atoms with Crippen LogP contribution in [0, 0.1) is 0 Å². The molecule has 33 heavy (non-hydrogen) atoms. The number of aryl methyl sites for hydroxylation is 1. The van der Waals surface area contributed by atoms with Gasteiger partial charge in [-0.15, -0.1) is 11.6 Å². The molecule has 5 nitrogen and oxygen atoms in total. The molecule has 168 valence electrons. The van der Waals surface area contributed by atoms with Crippen LogP contribution in [0.15, 0.2) is 66.7 Å². The third kappa shape index (κ3) is 4.21. The Morgan fingerprint density at radius 3 is 2.70 bits per heavy atom. The summed E-state index contributed by atoms with van der Waals surface area (Å²) in [5.74, 6) is -0.0520. The highest BCUT2D eigenvalue weighted by atomic mass is 35.5. The van der Waals surface area contributed by atoms with E-state index >= 15 is 0 Å². The topological polar surface area (TPSA) is 75.6 Å². The molecule has 0 radical (unpaired) electrons. The Morgan fingerprint density at radius 1 is 1.03 bits per heavy atom. The summed E-state index contributed by atoms with van der Waals surface area (Å²) in [6.45, 7) is 0. The second kappa shape index (κ2) is 8.91. The average Bonchev–Trinajstić information content (AvgIpc) is 3.27. The fourth-order valence-corrected chi connectivity index (χ4v) is 5.08. The first kappa shape index (κ1) is 21.5. The molecule has 0 bridgehead atoms. The van der Waals surface area contributed by atoms with Gasteiger partial charge in [0, 0.05) is 17.9 Å². The van der Waals surface area contributed by atoms with Crippen LogP contribution < -0.4 is 10.1 Å². The van der Waals surface area contributed by atoms with Crippen molar-refractivity contribution in [3.05, 3.63) is 100 Å². The van der Waals surface area contributed by atoms with Crippen molar-refractivity contribution in [2.24, 2.45) is 0 Å². The lowest BCUT2D eigenvalue weighted by Crippen LogP contribution is -2.36. The van der Waals surface area contributed by atoms with E-state index in [0.29, 0.717) is 18.1 Å². The normalized spacial score (nSPS) is 20.9. The Morgan fingerprint density at radius 2 is 1.88 bits per heavy atom. The number of aromatic carboxylic acids is 1. The molecule has 0 aromatic heterocycles. The van der Waals surface area contributed by atoms with Crippen LogP contribution in [-0.2, 0) is 17.1 Å². The van der Waals surface area contributed by atoms with Crippen molar-refractivity contribution in [3.8, 4) is 5.75 Å². The van der Waals surface area contributed by atoms with E-state index in [4.69, 9.17) is 16.3 Å². The number of rotatable bonds is 5. The van der Waals surface area contributed by atoms with Crippen molar-refractivity contribution >= 4 is 23.5 Å². The molecule has 0 fully saturated rings. The summed E-state index contributed by atoms with van der Waals surface area (Å²) in [4.78, 5) is 24.8. The molecule has 1 heterocycles. The molecule has 0 spiro atoms. The predicted molar refractivity (Wildman–Crippen MR) is 126 cm³/mol. The Kier molecular flexibility index (Phi) is 5.81. The van der Waals surface area contributed by atoms with Crippen LogP contribution in [-0.4, -0.2) is 17.0 Å². The molecule has 1 aliphatic carbocycles. The van der Waals surface area contributed by atoms with E-state index in [0.717, 1.165) is 35.1 Å². The maximum atomic E-state index is 13.4. The summed E-state index contributed by atoms with van der Waals surface area (Å²) in [6.07, 6.45) is 1.82. The Balaban J connectivity index is 1.42. The molecule has 3 aromatic rings. The standard InChI is InChI=1S/C27H24ClNO4/c28-15-16-8-9-17-10-11-20(22(17)12-16)26(30)29-23-14-25(33-24-7-2-1-6-21(23)24)18-4-3-5-19(13-18)27(31)32/h1-9,12-13,20,23,25H,10-11,14-15H2,(H,29,30)(H,31,32)/t20-,23+,25+/m0/s1. The minimum atomic E-state index is -0.978. The minimum Gasteiger partial charge on any atom is -0.485 e. The van der Waals surface area contributed by atoms with Crippen molar-refractivity contribution in [1.82, 2.24) is 5.32 Å². The summed E-state index contributed by atoms with van der Waals surface area (Å²) in [5.41, 5.74) is 5.22. The number of ether oxygens (including phenoxy) is 1. The summed E-state index contributed by atoms with van der Waals surface area (Å²) in [7, 11) is 0. The number of alkyl halides is 1. The number of carbonyl (C=O) groups excluding carboxylic acids is 1. The van der Waals surface area contributed by atoms with Gasteiger partial charge in [0.1, 0.15) is 11.9 Å². The highest BCUT2D eigenvalue weighted by molar-refractivity contribution is 6.17. The number of fused-ring (bicyclic) bond motifs is 2. The quantitative estimate of drug-likeness (QED) is 0.489. The van der Waals surface area contributed by atoms with Gasteiger partial charge in [-0.05, 0) is 53.3 Å². The van der Waals surface area contributed by atoms with Gasteiger partial charge in [-0.25, -0.2) is 4.79 Å². The molecule has 5 rings (SSSR count). The van der Waals surface area contributed by atoms with Gasteiger partial charge in [-0.3, -0.25) is 4.79 Å². The molecular weight excluding hydrogens is 438 g/mol. The van der Waals surface area contributed by atoms with E-state index in [1.165, 1.54) is 5.56 Å². The van der Waals surface area contributed by atoms with Crippen LogP contribution >= 0.6 is 11.6 Å². The van der Waals surface area contributed by atoms with E-state index in [1.807, 2.05) is 36.4 Å². The van der Waals surface area contributed by atoms with Crippen LogP contribution in [0.2, 0.25) is 0 Å². The van der Waals surface area contributed by atoms with Crippen LogP contribution in [0.3, 0.4) is 0 Å².